The van der Waals surface area contributed by atoms with E-state index in [0.29, 0.717) is 0 Å². The van der Waals surface area contributed by atoms with Crippen molar-refractivity contribution in [3.05, 3.63) is 0 Å². The first-order valence-electron chi connectivity index (χ1n) is 3.69. The van der Waals surface area contributed by atoms with Gasteiger partial charge in [-0.1, -0.05) is 0 Å². The fourth-order valence-electron chi connectivity index (χ4n) is 0.452. The molecule has 0 rings (SSSR count). The van der Waals surface area contributed by atoms with Gasteiger partial charge in [-0.05, 0) is 6.92 Å². The van der Waals surface area contributed by atoms with Crippen LogP contribution in [0.4, 0.5) is 0 Å². The third-order valence-corrected chi connectivity index (χ3v) is 1.03. The second kappa shape index (κ2) is 6.38. The summed E-state index contributed by atoms with van der Waals surface area (Å²) in [6.07, 6.45) is -1.26. The highest BCUT2D eigenvalue weighted by Crippen LogP contribution is 1.88. The van der Waals surface area contributed by atoms with Crippen molar-refractivity contribution in [1.29, 1.82) is 0 Å². The molecule has 1 atom stereocenters. The summed E-state index contributed by atoms with van der Waals surface area (Å²) in [6.45, 7) is 0.256. The maximum absolute atomic E-state index is 10.6. The molecule has 0 aromatic carbocycles. The predicted octanol–water partition coefficient (Wildman–Crippen LogP) is -1.55. The highest BCUT2D eigenvalue weighted by Gasteiger charge is 2.12. The van der Waals surface area contributed by atoms with Gasteiger partial charge in [-0.15, -0.1) is 0 Å². The van der Waals surface area contributed by atoms with E-state index >= 15 is 0 Å². The SMILES string of the molecule is CC(O)C(=O)OCC(=O)OCCO. The van der Waals surface area contributed by atoms with E-state index in [-0.39, 0.29) is 13.2 Å². The maximum Gasteiger partial charge on any atom is 0.344 e. The number of carbonyl (C=O) groups excluding carboxylic acids is 2. The molecule has 6 heteroatoms. The van der Waals surface area contributed by atoms with Crippen molar-refractivity contribution in [2.45, 2.75) is 13.0 Å². The van der Waals surface area contributed by atoms with Gasteiger partial charge in [0.1, 0.15) is 12.7 Å². The summed E-state index contributed by atoms with van der Waals surface area (Å²) in [6, 6.07) is 0. The molecule has 6 nitrogen and oxygen atoms in total. The normalized spacial score (nSPS) is 11.9. The van der Waals surface area contributed by atoms with E-state index in [1.807, 2.05) is 0 Å². The third kappa shape index (κ3) is 6.06. The Labute approximate surface area is 75.1 Å². The van der Waals surface area contributed by atoms with Gasteiger partial charge in [0.05, 0.1) is 6.61 Å². The summed E-state index contributed by atoms with van der Waals surface area (Å²) in [5.41, 5.74) is 0. The lowest BCUT2D eigenvalue weighted by molar-refractivity contribution is -0.163. The van der Waals surface area contributed by atoms with Crippen molar-refractivity contribution in [2.24, 2.45) is 0 Å². The van der Waals surface area contributed by atoms with Gasteiger partial charge < -0.3 is 19.7 Å². The summed E-state index contributed by atoms with van der Waals surface area (Å²) in [7, 11) is 0. The summed E-state index contributed by atoms with van der Waals surface area (Å²) in [4.78, 5) is 21.2. The number of ether oxygens (including phenoxy) is 2. The lowest BCUT2D eigenvalue weighted by Crippen LogP contribution is -2.24. The molecule has 1 unspecified atom stereocenters. The van der Waals surface area contributed by atoms with Crippen molar-refractivity contribution in [3.63, 3.8) is 0 Å². The number of aliphatic hydroxyl groups is 2. The number of hydrogen-bond acceptors (Lipinski definition) is 6. The Morgan fingerprint density at radius 2 is 2.00 bits per heavy atom. The summed E-state index contributed by atoms with van der Waals surface area (Å²) in [5, 5.41) is 16.9. The van der Waals surface area contributed by atoms with Gasteiger partial charge in [-0.3, -0.25) is 0 Å². The fourth-order valence-corrected chi connectivity index (χ4v) is 0.452. The van der Waals surface area contributed by atoms with E-state index in [1.165, 1.54) is 6.92 Å². The standard InChI is InChI=1S/C7H12O6/c1-5(9)7(11)13-4-6(10)12-3-2-8/h5,8-9H,2-4H2,1H3. The van der Waals surface area contributed by atoms with E-state index in [0.717, 1.165) is 0 Å². The average Bonchev–Trinajstić information content (AvgIpc) is 2.10. The first-order valence-corrected chi connectivity index (χ1v) is 3.69. The molecule has 0 fully saturated rings. The monoisotopic (exact) mass is 192 g/mol. The highest BCUT2D eigenvalue weighted by atomic mass is 16.6. The summed E-state index contributed by atoms with van der Waals surface area (Å²) >= 11 is 0. The van der Waals surface area contributed by atoms with Crippen LogP contribution in [0.3, 0.4) is 0 Å². The molecule has 2 N–H and O–H groups in total. The molecule has 0 bridgehead atoms. The molecule has 76 valence electrons. The van der Waals surface area contributed by atoms with Crippen LogP contribution in [0.25, 0.3) is 0 Å². The van der Waals surface area contributed by atoms with Crippen molar-refractivity contribution in [1.82, 2.24) is 0 Å². The van der Waals surface area contributed by atoms with Gasteiger partial charge in [0.25, 0.3) is 0 Å². The Balaban J connectivity index is 3.52. The average molecular weight is 192 g/mol. The topological polar surface area (TPSA) is 93.1 Å². The second-order valence-corrected chi connectivity index (χ2v) is 2.23. The highest BCUT2D eigenvalue weighted by molar-refractivity contribution is 5.78. The number of hydrogen-bond donors (Lipinski definition) is 2. The number of aliphatic hydroxyl groups excluding tert-OH is 2. The lowest BCUT2D eigenvalue weighted by Gasteiger charge is -2.05. The Kier molecular flexibility index (Phi) is 5.82. The molecule has 0 saturated carbocycles. The molecular formula is C7H12O6. The molecule has 0 aliphatic heterocycles. The fraction of sp³-hybridized carbons (Fsp3) is 0.714. The van der Waals surface area contributed by atoms with E-state index in [9.17, 15) is 9.59 Å². The second-order valence-electron chi connectivity index (χ2n) is 2.23. The quantitative estimate of drug-likeness (QED) is 0.512. The molecule has 0 saturated heterocycles. The Morgan fingerprint density at radius 3 is 2.46 bits per heavy atom. The minimum Gasteiger partial charge on any atom is -0.461 e. The zero-order valence-electron chi connectivity index (χ0n) is 7.23. The zero-order valence-corrected chi connectivity index (χ0v) is 7.23. The third-order valence-electron chi connectivity index (χ3n) is 1.03. The molecule has 0 aliphatic rings. The summed E-state index contributed by atoms with van der Waals surface area (Å²) < 4.78 is 8.69. The van der Waals surface area contributed by atoms with Crippen LogP contribution in [0, 0.1) is 0 Å². The first kappa shape index (κ1) is 11.9. The van der Waals surface area contributed by atoms with Gasteiger partial charge in [0.15, 0.2) is 6.61 Å². The van der Waals surface area contributed by atoms with Crippen molar-refractivity contribution in [3.8, 4) is 0 Å². The first-order chi connectivity index (χ1) is 6.07. The molecule has 13 heavy (non-hydrogen) atoms. The van der Waals surface area contributed by atoms with Crippen LogP contribution in [0.15, 0.2) is 0 Å². The molecule has 0 aliphatic carbocycles. The number of rotatable bonds is 5. The Morgan fingerprint density at radius 1 is 1.38 bits per heavy atom. The molecule has 0 radical (unpaired) electrons. The van der Waals surface area contributed by atoms with Gasteiger partial charge in [-0.25, -0.2) is 9.59 Å². The van der Waals surface area contributed by atoms with E-state index < -0.39 is 24.6 Å². The van der Waals surface area contributed by atoms with Crippen LogP contribution >= 0.6 is 0 Å². The van der Waals surface area contributed by atoms with E-state index in [2.05, 4.69) is 9.47 Å². The largest absolute Gasteiger partial charge is 0.461 e. The van der Waals surface area contributed by atoms with E-state index in [4.69, 9.17) is 10.2 Å². The molecule has 0 aromatic heterocycles. The molecule has 0 spiro atoms. The van der Waals surface area contributed by atoms with E-state index in [1.54, 1.807) is 0 Å². The maximum atomic E-state index is 10.6. The lowest BCUT2D eigenvalue weighted by atomic mass is 10.4. The molecule has 0 amide bonds. The smallest absolute Gasteiger partial charge is 0.344 e. The molecule has 0 heterocycles. The van der Waals surface area contributed by atoms with Crippen molar-refractivity contribution < 1.29 is 29.3 Å². The Bertz CT molecular complexity index is 176. The van der Waals surface area contributed by atoms with Crippen LogP contribution in [0.5, 0.6) is 0 Å². The Hall–Kier alpha value is -1.14. The van der Waals surface area contributed by atoms with Crippen LogP contribution in [0.1, 0.15) is 6.92 Å². The van der Waals surface area contributed by atoms with Crippen LogP contribution in [0.2, 0.25) is 0 Å². The van der Waals surface area contributed by atoms with Crippen LogP contribution < -0.4 is 0 Å². The molecule has 0 aromatic rings. The number of carbonyl (C=O) groups is 2. The molecular weight excluding hydrogens is 180 g/mol. The van der Waals surface area contributed by atoms with Gasteiger partial charge >= 0.3 is 11.9 Å². The van der Waals surface area contributed by atoms with Crippen LogP contribution in [-0.2, 0) is 19.1 Å². The summed E-state index contributed by atoms with van der Waals surface area (Å²) in [5.74, 6) is -1.65. The minimum atomic E-state index is -1.26. The van der Waals surface area contributed by atoms with Gasteiger partial charge in [-0.2, -0.15) is 0 Å². The van der Waals surface area contributed by atoms with Gasteiger partial charge in [0, 0.05) is 0 Å². The van der Waals surface area contributed by atoms with Gasteiger partial charge in [0.2, 0.25) is 0 Å². The van der Waals surface area contributed by atoms with Crippen molar-refractivity contribution in [2.75, 3.05) is 19.8 Å². The van der Waals surface area contributed by atoms with Crippen molar-refractivity contribution >= 4 is 11.9 Å². The minimum absolute atomic E-state index is 0.134. The zero-order chi connectivity index (χ0) is 10.3. The van der Waals surface area contributed by atoms with Crippen LogP contribution in [-0.4, -0.2) is 48.1 Å². The predicted molar refractivity (Wildman–Crippen MR) is 40.7 cm³/mol. The number of esters is 2.